The summed E-state index contributed by atoms with van der Waals surface area (Å²) in [5.74, 6) is -2.90. The molecule has 0 fully saturated rings. The highest BCUT2D eigenvalue weighted by molar-refractivity contribution is 8.01. The van der Waals surface area contributed by atoms with Crippen molar-refractivity contribution in [1.29, 1.82) is 0 Å². The highest BCUT2D eigenvalue weighted by Crippen LogP contribution is 2.30. The number of carbonyl (C=O) groups is 1. The van der Waals surface area contributed by atoms with E-state index in [4.69, 9.17) is 5.11 Å². The molecule has 0 aliphatic carbocycles. The number of hydrogen-bond acceptors (Lipinski definition) is 4. The summed E-state index contributed by atoms with van der Waals surface area (Å²) < 4.78 is 59.3. The largest absolute Gasteiger partial charge is 0.478 e. The molecule has 0 heterocycles. The van der Waals surface area contributed by atoms with Crippen LogP contribution in [0.2, 0.25) is 0 Å². The lowest BCUT2D eigenvalue weighted by Crippen LogP contribution is -2.15. The summed E-state index contributed by atoms with van der Waals surface area (Å²) in [7, 11) is -4.06. The molecule has 0 aliphatic heterocycles. The van der Waals surface area contributed by atoms with E-state index in [9.17, 15) is 26.4 Å². The van der Waals surface area contributed by atoms with Crippen LogP contribution in [0, 0.1) is 0 Å². The summed E-state index contributed by atoms with van der Waals surface area (Å²) in [6.07, 6.45) is 0. The molecule has 1 rings (SSSR count). The molecule has 0 aromatic heterocycles. The lowest BCUT2D eigenvalue weighted by Gasteiger charge is -2.08. The van der Waals surface area contributed by atoms with E-state index in [1.165, 1.54) is 12.1 Å². The zero-order valence-electron chi connectivity index (χ0n) is 9.35. The fourth-order valence-corrected chi connectivity index (χ4v) is 3.73. The Morgan fingerprint density at radius 1 is 1.26 bits per heavy atom. The molecule has 0 amide bonds. The van der Waals surface area contributed by atoms with Crippen molar-refractivity contribution in [3.05, 3.63) is 29.8 Å². The molecule has 0 atom stereocenters. The third-order valence-corrected chi connectivity index (χ3v) is 4.83. The molecule has 4 nitrogen and oxygen atoms in total. The molecule has 106 valence electrons. The summed E-state index contributed by atoms with van der Waals surface area (Å²) in [5, 5.41) is 8.83. The van der Waals surface area contributed by atoms with Crippen molar-refractivity contribution in [2.24, 2.45) is 0 Å². The maximum Gasteiger partial charge on any atom is 0.441 e. The zero-order valence-corrected chi connectivity index (χ0v) is 11.0. The summed E-state index contributed by atoms with van der Waals surface area (Å²) in [4.78, 5) is 10.4. The van der Waals surface area contributed by atoms with E-state index in [1.807, 2.05) is 0 Å². The number of rotatable bonds is 5. The Morgan fingerprint density at radius 2 is 1.84 bits per heavy atom. The third kappa shape index (κ3) is 4.75. The number of halogens is 3. The van der Waals surface area contributed by atoms with E-state index in [-0.39, 0.29) is 0 Å². The molecular weight excluding hydrogens is 305 g/mol. The third-order valence-electron chi connectivity index (χ3n) is 2.07. The van der Waals surface area contributed by atoms with Gasteiger partial charge in [0.15, 0.2) is 9.84 Å². The van der Waals surface area contributed by atoms with Gasteiger partial charge in [0.1, 0.15) is 0 Å². The number of sulfone groups is 1. The Hall–Kier alpha value is -1.22. The normalized spacial score (nSPS) is 12.4. The lowest BCUT2D eigenvalue weighted by molar-refractivity contribution is -0.0326. The van der Waals surface area contributed by atoms with Gasteiger partial charge in [-0.05, 0) is 23.9 Å². The van der Waals surface area contributed by atoms with Crippen LogP contribution in [-0.4, -0.2) is 36.5 Å². The average molecular weight is 314 g/mol. The number of benzene rings is 1. The molecule has 0 saturated carbocycles. The van der Waals surface area contributed by atoms with Gasteiger partial charge in [-0.2, -0.15) is 13.2 Å². The Morgan fingerprint density at radius 3 is 2.37 bits per heavy atom. The predicted octanol–water partition coefficient (Wildman–Crippen LogP) is 2.41. The topological polar surface area (TPSA) is 71.4 Å². The maximum atomic E-state index is 11.9. The quantitative estimate of drug-likeness (QED) is 0.903. The molecule has 9 heteroatoms. The van der Waals surface area contributed by atoms with Gasteiger partial charge in [-0.1, -0.05) is 12.1 Å². The number of alkyl halides is 3. The van der Waals surface area contributed by atoms with Crippen LogP contribution in [0.3, 0.4) is 0 Å². The van der Waals surface area contributed by atoms with Crippen LogP contribution in [0.15, 0.2) is 29.2 Å². The maximum absolute atomic E-state index is 11.9. The SMILES string of the molecule is O=C(O)c1ccccc1S(=O)(=O)CCSC(F)(F)F. The summed E-state index contributed by atoms with van der Waals surface area (Å²) in [6, 6.07) is 4.81. The van der Waals surface area contributed by atoms with E-state index in [0.717, 1.165) is 12.1 Å². The number of hydrogen-bond donors (Lipinski definition) is 1. The number of thioether (sulfide) groups is 1. The summed E-state index contributed by atoms with van der Waals surface area (Å²) in [6.45, 7) is 0. The van der Waals surface area contributed by atoms with E-state index in [2.05, 4.69) is 0 Å². The van der Waals surface area contributed by atoms with E-state index < -0.39 is 55.0 Å². The fraction of sp³-hybridized carbons (Fsp3) is 0.300. The number of aromatic carboxylic acids is 1. The highest BCUT2D eigenvalue weighted by atomic mass is 32.2. The molecule has 1 aromatic carbocycles. The fourth-order valence-electron chi connectivity index (χ4n) is 1.29. The molecule has 0 aliphatic rings. The second-order valence-electron chi connectivity index (χ2n) is 3.41. The molecule has 1 aromatic rings. The molecule has 0 bridgehead atoms. The summed E-state index contributed by atoms with van der Waals surface area (Å²) >= 11 is -0.457. The van der Waals surface area contributed by atoms with Crippen molar-refractivity contribution >= 4 is 27.6 Å². The van der Waals surface area contributed by atoms with E-state index >= 15 is 0 Å². The van der Waals surface area contributed by atoms with E-state index in [1.54, 1.807) is 0 Å². The van der Waals surface area contributed by atoms with Crippen molar-refractivity contribution in [3.8, 4) is 0 Å². The van der Waals surface area contributed by atoms with Crippen molar-refractivity contribution < 1.29 is 31.5 Å². The number of carboxylic acids is 1. The Bertz CT molecular complexity index is 566. The van der Waals surface area contributed by atoms with Gasteiger partial charge in [0.25, 0.3) is 0 Å². The van der Waals surface area contributed by atoms with Gasteiger partial charge in [-0.3, -0.25) is 0 Å². The Kier molecular flexibility index (Phi) is 4.86. The van der Waals surface area contributed by atoms with Crippen molar-refractivity contribution in [2.45, 2.75) is 10.4 Å². The average Bonchev–Trinajstić information content (AvgIpc) is 2.27. The molecule has 0 radical (unpaired) electrons. The monoisotopic (exact) mass is 314 g/mol. The van der Waals surface area contributed by atoms with Crippen LogP contribution in [-0.2, 0) is 9.84 Å². The lowest BCUT2D eigenvalue weighted by atomic mass is 10.2. The van der Waals surface area contributed by atoms with Crippen molar-refractivity contribution in [1.82, 2.24) is 0 Å². The predicted molar refractivity (Wildman–Crippen MR) is 64.0 cm³/mol. The minimum Gasteiger partial charge on any atom is -0.478 e. The molecule has 1 N–H and O–H groups in total. The van der Waals surface area contributed by atoms with Crippen LogP contribution in [0.25, 0.3) is 0 Å². The molecule has 19 heavy (non-hydrogen) atoms. The first-order chi connectivity index (χ1) is 8.63. The van der Waals surface area contributed by atoms with Crippen LogP contribution in [0.5, 0.6) is 0 Å². The van der Waals surface area contributed by atoms with Crippen LogP contribution >= 0.6 is 11.8 Å². The van der Waals surface area contributed by atoms with Gasteiger partial charge in [-0.25, -0.2) is 13.2 Å². The zero-order chi connectivity index (χ0) is 14.7. The Balaban J connectivity index is 2.92. The van der Waals surface area contributed by atoms with Crippen molar-refractivity contribution in [3.63, 3.8) is 0 Å². The standard InChI is InChI=1S/C10H9F3O4S2/c11-10(12,13)18-5-6-19(16,17)8-4-2-1-3-7(8)9(14)15/h1-4H,5-6H2,(H,14,15). The minimum atomic E-state index is -4.51. The Labute approximate surface area is 111 Å². The molecular formula is C10H9F3O4S2. The molecule has 0 spiro atoms. The second-order valence-corrected chi connectivity index (χ2v) is 6.65. The van der Waals surface area contributed by atoms with Crippen LogP contribution in [0.1, 0.15) is 10.4 Å². The number of carboxylic acid groups (broad SMARTS) is 1. The van der Waals surface area contributed by atoms with Gasteiger partial charge in [0.05, 0.1) is 16.2 Å². The summed E-state index contributed by atoms with van der Waals surface area (Å²) in [5.41, 5.74) is -4.96. The van der Waals surface area contributed by atoms with Gasteiger partial charge < -0.3 is 5.11 Å². The first-order valence-corrected chi connectivity index (χ1v) is 7.53. The smallest absolute Gasteiger partial charge is 0.441 e. The first-order valence-electron chi connectivity index (χ1n) is 4.89. The van der Waals surface area contributed by atoms with E-state index in [0.29, 0.717) is 0 Å². The van der Waals surface area contributed by atoms with Crippen molar-refractivity contribution in [2.75, 3.05) is 11.5 Å². The van der Waals surface area contributed by atoms with Crippen LogP contribution in [0.4, 0.5) is 13.2 Å². The van der Waals surface area contributed by atoms with Crippen LogP contribution < -0.4 is 0 Å². The van der Waals surface area contributed by atoms with Gasteiger partial charge in [-0.15, -0.1) is 0 Å². The second kappa shape index (κ2) is 5.83. The van der Waals surface area contributed by atoms with Gasteiger partial charge in [0, 0.05) is 5.75 Å². The molecule has 0 saturated heterocycles. The first kappa shape index (κ1) is 15.8. The van der Waals surface area contributed by atoms with Gasteiger partial charge in [0.2, 0.25) is 0 Å². The molecule has 0 unspecified atom stereocenters. The minimum absolute atomic E-state index is 0.445. The highest BCUT2D eigenvalue weighted by Gasteiger charge is 2.30. The van der Waals surface area contributed by atoms with Gasteiger partial charge >= 0.3 is 11.5 Å².